The summed E-state index contributed by atoms with van der Waals surface area (Å²) in [5.41, 5.74) is 6.56. The van der Waals surface area contributed by atoms with Gasteiger partial charge in [-0.15, -0.1) is 11.3 Å². The first-order valence-corrected chi connectivity index (χ1v) is 14.4. The predicted molar refractivity (Wildman–Crippen MR) is 151 cm³/mol. The number of carbonyl (C=O) groups is 1. The number of carboxylic acid groups (broad SMARTS) is 1. The van der Waals surface area contributed by atoms with Crippen molar-refractivity contribution in [2.24, 2.45) is 5.92 Å². The summed E-state index contributed by atoms with van der Waals surface area (Å²) in [5, 5.41) is 22.3. The molecule has 2 N–H and O–H groups in total. The predicted octanol–water partition coefficient (Wildman–Crippen LogP) is 5.26. The van der Waals surface area contributed by atoms with Gasteiger partial charge in [-0.3, -0.25) is 9.69 Å². The zero-order chi connectivity index (χ0) is 26.6. The molecule has 38 heavy (non-hydrogen) atoms. The van der Waals surface area contributed by atoms with Crippen LogP contribution >= 0.6 is 11.3 Å². The molecular formula is C30H37N3O4S. The number of piperidine rings is 2. The van der Waals surface area contributed by atoms with E-state index < -0.39 is 5.97 Å². The van der Waals surface area contributed by atoms with Gasteiger partial charge in [0.2, 0.25) is 0 Å². The van der Waals surface area contributed by atoms with E-state index in [-0.39, 0.29) is 12.0 Å². The first-order chi connectivity index (χ1) is 18.4. The highest BCUT2D eigenvalue weighted by molar-refractivity contribution is 7.14. The van der Waals surface area contributed by atoms with Gasteiger partial charge >= 0.3 is 5.97 Å². The fourth-order valence-corrected chi connectivity index (χ4v) is 6.38. The van der Waals surface area contributed by atoms with Gasteiger partial charge < -0.3 is 19.8 Å². The summed E-state index contributed by atoms with van der Waals surface area (Å²) in [6, 6.07) is 12.7. The molecule has 0 radical (unpaired) electrons. The highest BCUT2D eigenvalue weighted by Gasteiger charge is 2.26. The number of aromatic nitrogens is 1. The Balaban J connectivity index is 1.26. The van der Waals surface area contributed by atoms with E-state index in [4.69, 9.17) is 9.72 Å². The molecule has 202 valence electrons. The number of hydrogen-bond donors (Lipinski definition) is 2. The largest absolute Gasteiger partial charge is 0.488 e. The Bertz CT molecular complexity index is 1270. The second-order valence-electron chi connectivity index (χ2n) is 10.6. The Morgan fingerprint density at radius 2 is 1.92 bits per heavy atom. The minimum absolute atomic E-state index is 0.209. The Morgan fingerprint density at radius 1 is 1.11 bits per heavy atom. The number of likely N-dealkylation sites (tertiary alicyclic amines) is 1. The van der Waals surface area contributed by atoms with Crippen molar-refractivity contribution in [2.75, 3.05) is 31.1 Å². The summed E-state index contributed by atoms with van der Waals surface area (Å²) in [7, 11) is 0. The van der Waals surface area contributed by atoms with Crippen LogP contribution in [0.5, 0.6) is 5.75 Å². The number of nitrogens with zero attached hydrogens (tertiary/aromatic N) is 3. The van der Waals surface area contributed by atoms with E-state index in [1.54, 1.807) is 11.3 Å². The Morgan fingerprint density at radius 3 is 2.66 bits per heavy atom. The molecule has 0 aliphatic carbocycles. The van der Waals surface area contributed by atoms with Crippen LogP contribution in [0, 0.1) is 19.8 Å². The van der Waals surface area contributed by atoms with Crippen LogP contribution in [0.4, 0.5) is 5.13 Å². The number of aliphatic hydroxyl groups excluding tert-OH is 1. The molecule has 7 nitrogen and oxygen atoms in total. The number of anilines is 1. The van der Waals surface area contributed by atoms with Crippen molar-refractivity contribution in [2.45, 2.75) is 58.8 Å². The van der Waals surface area contributed by atoms with Crippen molar-refractivity contribution in [3.63, 3.8) is 0 Å². The molecule has 2 aliphatic heterocycles. The molecule has 1 atom stereocenters. The maximum absolute atomic E-state index is 11.3. The molecule has 0 amide bonds. The summed E-state index contributed by atoms with van der Waals surface area (Å²) in [6.07, 6.45) is 3.05. The molecule has 3 aromatic rings. The minimum Gasteiger partial charge on any atom is -0.488 e. The summed E-state index contributed by atoms with van der Waals surface area (Å²) in [5.74, 6) is -0.102. The van der Waals surface area contributed by atoms with Crippen LogP contribution in [0.15, 0.2) is 41.8 Å². The first kappa shape index (κ1) is 26.7. The van der Waals surface area contributed by atoms with Crippen molar-refractivity contribution in [3.05, 3.63) is 64.0 Å². The summed E-state index contributed by atoms with van der Waals surface area (Å²) in [4.78, 5) is 20.7. The van der Waals surface area contributed by atoms with E-state index in [1.165, 1.54) is 11.1 Å². The number of aliphatic hydroxyl groups is 1. The van der Waals surface area contributed by atoms with Gasteiger partial charge in [0.05, 0.1) is 17.7 Å². The molecule has 3 heterocycles. The van der Waals surface area contributed by atoms with Crippen LogP contribution < -0.4 is 9.64 Å². The molecule has 0 saturated carbocycles. The molecule has 0 spiro atoms. The highest BCUT2D eigenvalue weighted by atomic mass is 32.1. The molecule has 0 bridgehead atoms. The fraction of sp³-hybridized carbons (Fsp3) is 0.467. The normalized spacial score (nSPS) is 19.0. The van der Waals surface area contributed by atoms with E-state index in [0.717, 1.165) is 65.7 Å². The molecule has 1 aromatic heterocycles. The number of hydrogen-bond acceptors (Lipinski definition) is 7. The second-order valence-corrected chi connectivity index (χ2v) is 11.5. The average molecular weight is 536 g/mol. The smallest absolute Gasteiger partial charge is 0.306 e. The van der Waals surface area contributed by atoms with Gasteiger partial charge in [-0.25, -0.2) is 4.98 Å². The number of rotatable bonds is 8. The van der Waals surface area contributed by atoms with Crippen molar-refractivity contribution in [3.8, 4) is 17.0 Å². The topological polar surface area (TPSA) is 86.1 Å². The van der Waals surface area contributed by atoms with Gasteiger partial charge in [0.15, 0.2) is 5.13 Å². The number of ether oxygens (including phenoxy) is 1. The number of β-amino-alcohol motifs (C(OH)–C–C–N with tert-alkyl or cyclic N) is 1. The molecule has 5 rings (SSSR count). The van der Waals surface area contributed by atoms with Crippen LogP contribution in [0.2, 0.25) is 0 Å². The molecular weight excluding hydrogens is 498 g/mol. The fourth-order valence-electron chi connectivity index (χ4n) is 5.50. The van der Waals surface area contributed by atoms with Crippen molar-refractivity contribution >= 4 is 22.4 Å². The van der Waals surface area contributed by atoms with Crippen molar-refractivity contribution in [1.29, 1.82) is 0 Å². The standard InChI is InChI=1S/C30H37N3O4S/c1-20-5-3-7-26(27-19-38-30(31-27)33-13-10-23(11-14-33)29(35)36)28(20)37-18-24-9-8-22(15-21(24)2)16-32-12-4-6-25(34)17-32/h3,5,7-9,15,19,23,25,34H,4,6,10-14,16-18H2,1-2H3,(H,35,36). The third-order valence-electron chi connectivity index (χ3n) is 7.76. The first-order valence-electron chi connectivity index (χ1n) is 13.5. The monoisotopic (exact) mass is 535 g/mol. The number of aliphatic carboxylic acids is 1. The number of aryl methyl sites for hydroxylation is 2. The lowest BCUT2D eigenvalue weighted by molar-refractivity contribution is -0.142. The molecule has 2 saturated heterocycles. The van der Waals surface area contributed by atoms with Crippen LogP contribution in [0.3, 0.4) is 0 Å². The van der Waals surface area contributed by atoms with Gasteiger partial charge in [-0.05, 0) is 74.4 Å². The lowest BCUT2D eigenvalue weighted by Crippen LogP contribution is -2.37. The van der Waals surface area contributed by atoms with E-state index in [0.29, 0.717) is 32.5 Å². The van der Waals surface area contributed by atoms with Crippen LogP contribution in [-0.2, 0) is 17.9 Å². The minimum atomic E-state index is -0.697. The Kier molecular flexibility index (Phi) is 8.31. The van der Waals surface area contributed by atoms with Gasteiger partial charge in [0, 0.05) is 37.1 Å². The SMILES string of the molecule is Cc1cc(CN2CCCC(O)C2)ccc1COc1c(C)cccc1-c1csc(N2CCC(C(=O)O)CC2)n1. The summed E-state index contributed by atoms with van der Waals surface area (Å²) < 4.78 is 6.43. The number of para-hydroxylation sites is 1. The molecule has 2 aliphatic rings. The van der Waals surface area contributed by atoms with E-state index in [9.17, 15) is 15.0 Å². The van der Waals surface area contributed by atoms with Gasteiger partial charge in [0.1, 0.15) is 12.4 Å². The van der Waals surface area contributed by atoms with Crippen LogP contribution in [0.1, 0.15) is 47.9 Å². The van der Waals surface area contributed by atoms with E-state index >= 15 is 0 Å². The highest BCUT2D eigenvalue weighted by Crippen LogP contribution is 2.37. The van der Waals surface area contributed by atoms with Crippen molar-refractivity contribution in [1.82, 2.24) is 9.88 Å². The summed E-state index contributed by atoms with van der Waals surface area (Å²) >= 11 is 1.60. The molecule has 1 unspecified atom stereocenters. The third kappa shape index (κ3) is 6.20. The summed E-state index contributed by atoms with van der Waals surface area (Å²) in [6.45, 7) is 8.75. The maximum atomic E-state index is 11.3. The zero-order valence-electron chi connectivity index (χ0n) is 22.2. The van der Waals surface area contributed by atoms with Gasteiger partial charge in [-0.1, -0.05) is 30.3 Å². The van der Waals surface area contributed by atoms with Gasteiger partial charge in [-0.2, -0.15) is 0 Å². The van der Waals surface area contributed by atoms with Crippen LogP contribution in [0.25, 0.3) is 11.3 Å². The van der Waals surface area contributed by atoms with E-state index in [2.05, 4.69) is 59.4 Å². The maximum Gasteiger partial charge on any atom is 0.306 e. The zero-order valence-corrected chi connectivity index (χ0v) is 23.0. The molecule has 2 fully saturated rings. The lowest BCUT2D eigenvalue weighted by atomic mass is 9.97. The number of carboxylic acids is 1. The van der Waals surface area contributed by atoms with Crippen LogP contribution in [-0.4, -0.2) is 58.3 Å². The quantitative estimate of drug-likeness (QED) is 0.407. The third-order valence-corrected chi connectivity index (χ3v) is 8.66. The van der Waals surface area contributed by atoms with E-state index in [1.807, 2.05) is 6.07 Å². The number of thiazole rings is 1. The van der Waals surface area contributed by atoms with Gasteiger partial charge in [0.25, 0.3) is 0 Å². The van der Waals surface area contributed by atoms with Crippen molar-refractivity contribution < 1.29 is 19.7 Å². The molecule has 2 aromatic carbocycles. The number of benzene rings is 2. The average Bonchev–Trinajstić information content (AvgIpc) is 3.39. The second kappa shape index (κ2) is 11.8. The molecule has 8 heteroatoms. The Hall–Kier alpha value is -2.94. The lowest BCUT2D eigenvalue weighted by Gasteiger charge is -2.30. The Labute approximate surface area is 228 Å².